The minimum atomic E-state index is -0.319. The van der Waals surface area contributed by atoms with Crippen molar-refractivity contribution in [2.75, 3.05) is 6.54 Å². The molecule has 0 aromatic rings. The van der Waals surface area contributed by atoms with E-state index in [1.54, 1.807) is 0 Å². The smallest absolute Gasteiger partial charge is 0.0919 e. The summed E-state index contributed by atoms with van der Waals surface area (Å²) >= 11 is 0. The van der Waals surface area contributed by atoms with Crippen molar-refractivity contribution in [1.29, 1.82) is 0 Å². The molecule has 2 heteroatoms. The van der Waals surface area contributed by atoms with Crippen molar-refractivity contribution in [1.82, 2.24) is 0 Å². The van der Waals surface area contributed by atoms with Crippen LogP contribution in [0, 0.1) is 5.41 Å². The Balaban J connectivity index is 3.91. The van der Waals surface area contributed by atoms with Crippen LogP contribution < -0.4 is 5.73 Å². The Morgan fingerprint density at radius 3 is 2.12 bits per heavy atom. The summed E-state index contributed by atoms with van der Waals surface area (Å²) < 4.78 is 0. The van der Waals surface area contributed by atoms with Gasteiger partial charge < -0.3 is 10.8 Å². The lowest BCUT2D eigenvalue weighted by Crippen LogP contribution is -2.24. The van der Waals surface area contributed by atoms with Gasteiger partial charge in [0.25, 0.3) is 0 Å². The quantitative estimate of drug-likeness (QED) is 0.528. The van der Waals surface area contributed by atoms with Gasteiger partial charge in [-0.15, -0.1) is 0 Å². The highest BCUT2D eigenvalue weighted by Gasteiger charge is 2.18. The van der Waals surface area contributed by atoms with E-state index in [0.717, 1.165) is 0 Å². The predicted octanol–water partition coefficient (Wildman–Crippen LogP) is 1.04. The first-order valence-corrected chi connectivity index (χ1v) is 2.59. The number of aliphatic hydroxyl groups is 1. The fourth-order valence-electron chi connectivity index (χ4n) is 0.118. The van der Waals surface area contributed by atoms with Crippen molar-refractivity contribution in [2.24, 2.45) is 11.1 Å². The van der Waals surface area contributed by atoms with Crippen molar-refractivity contribution in [3.63, 3.8) is 0 Å². The Labute approximate surface area is 50.0 Å². The van der Waals surface area contributed by atoms with Crippen LogP contribution in [0.2, 0.25) is 0 Å². The molecule has 8 heavy (non-hydrogen) atoms. The standard InChI is InChI=1S/C6H13NO/c1-5(8)6(2,3)4-7/h8H,1,4,7H2,2-3H3. The molecule has 0 aromatic carbocycles. The average molecular weight is 115 g/mol. The van der Waals surface area contributed by atoms with E-state index in [1.807, 2.05) is 13.8 Å². The Bertz CT molecular complexity index is 96.7. The Hall–Kier alpha value is -0.500. The third kappa shape index (κ3) is 1.54. The zero-order chi connectivity index (χ0) is 6.78. The molecule has 0 atom stereocenters. The molecule has 0 amide bonds. The molecule has 0 aliphatic rings. The molecule has 0 saturated heterocycles. The molecule has 48 valence electrons. The van der Waals surface area contributed by atoms with Gasteiger partial charge in [0.05, 0.1) is 5.76 Å². The largest absolute Gasteiger partial charge is 0.512 e. The SMILES string of the molecule is C=C(O)C(C)(C)CN. The number of rotatable bonds is 2. The monoisotopic (exact) mass is 115 g/mol. The summed E-state index contributed by atoms with van der Waals surface area (Å²) in [5, 5.41) is 8.81. The fraction of sp³-hybridized carbons (Fsp3) is 0.667. The van der Waals surface area contributed by atoms with E-state index in [2.05, 4.69) is 6.58 Å². The third-order valence-electron chi connectivity index (χ3n) is 1.29. The molecule has 0 spiro atoms. The van der Waals surface area contributed by atoms with Crippen LogP contribution >= 0.6 is 0 Å². The van der Waals surface area contributed by atoms with Gasteiger partial charge in [0.1, 0.15) is 0 Å². The first kappa shape index (κ1) is 7.50. The molecule has 0 aromatic heterocycles. The zero-order valence-corrected chi connectivity index (χ0v) is 5.44. The van der Waals surface area contributed by atoms with Crippen LogP contribution in [0.15, 0.2) is 12.3 Å². The second-order valence-corrected chi connectivity index (χ2v) is 2.53. The maximum absolute atomic E-state index is 8.81. The van der Waals surface area contributed by atoms with Crippen LogP contribution in [-0.2, 0) is 0 Å². The van der Waals surface area contributed by atoms with Gasteiger partial charge in [0, 0.05) is 12.0 Å². The summed E-state index contributed by atoms with van der Waals surface area (Å²) in [6.45, 7) is 7.49. The lowest BCUT2D eigenvalue weighted by Gasteiger charge is -2.19. The van der Waals surface area contributed by atoms with Gasteiger partial charge in [-0.2, -0.15) is 0 Å². The lowest BCUT2D eigenvalue weighted by atomic mass is 9.92. The minimum absolute atomic E-state index is 0.153. The zero-order valence-electron chi connectivity index (χ0n) is 5.44. The van der Waals surface area contributed by atoms with Gasteiger partial charge in [0.15, 0.2) is 0 Å². The second-order valence-electron chi connectivity index (χ2n) is 2.53. The third-order valence-corrected chi connectivity index (χ3v) is 1.29. The van der Waals surface area contributed by atoms with Gasteiger partial charge in [-0.3, -0.25) is 0 Å². The van der Waals surface area contributed by atoms with Crippen molar-refractivity contribution in [2.45, 2.75) is 13.8 Å². The van der Waals surface area contributed by atoms with E-state index < -0.39 is 0 Å². The summed E-state index contributed by atoms with van der Waals surface area (Å²) in [5.41, 5.74) is 4.97. The molecule has 0 fully saturated rings. The van der Waals surface area contributed by atoms with Crippen LogP contribution in [-0.4, -0.2) is 11.7 Å². The molecule has 2 nitrogen and oxygen atoms in total. The van der Waals surface area contributed by atoms with Crippen LogP contribution in [0.3, 0.4) is 0 Å². The number of hydrogen-bond donors (Lipinski definition) is 2. The van der Waals surface area contributed by atoms with Gasteiger partial charge >= 0.3 is 0 Å². The lowest BCUT2D eigenvalue weighted by molar-refractivity contribution is 0.267. The Morgan fingerprint density at radius 1 is 1.75 bits per heavy atom. The summed E-state index contributed by atoms with van der Waals surface area (Å²) in [6.07, 6.45) is 0. The summed E-state index contributed by atoms with van der Waals surface area (Å²) in [7, 11) is 0. The van der Waals surface area contributed by atoms with Crippen molar-refractivity contribution in [3.05, 3.63) is 12.3 Å². The van der Waals surface area contributed by atoms with Gasteiger partial charge in [0.2, 0.25) is 0 Å². The van der Waals surface area contributed by atoms with Gasteiger partial charge in [-0.25, -0.2) is 0 Å². The number of aliphatic hydroxyl groups excluding tert-OH is 1. The van der Waals surface area contributed by atoms with E-state index in [0.29, 0.717) is 6.54 Å². The number of nitrogens with two attached hydrogens (primary N) is 1. The Morgan fingerprint density at radius 2 is 2.12 bits per heavy atom. The first-order chi connectivity index (χ1) is 3.50. The molecule has 0 bridgehead atoms. The number of hydrogen-bond acceptors (Lipinski definition) is 2. The molecule has 0 aliphatic heterocycles. The molecule has 0 rings (SSSR count). The molecule has 0 saturated carbocycles. The second kappa shape index (κ2) is 2.18. The highest BCUT2D eigenvalue weighted by Crippen LogP contribution is 2.19. The van der Waals surface area contributed by atoms with Crippen LogP contribution in [0.4, 0.5) is 0 Å². The highest BCUT2D eigenvalue weighted by molar-refractivity contribution is 4.96. The van der Waals surface area contributed by atoms with Gasteiger partial charge in [-0.05, 0) is 0 Å². The fourth-order valence-corrected chi connectivity index (χ4v) is 0.118. The highest BCUT2D eigenvalue weighted by atomic mass is 16.3. The predicted molar refractivity (Wildman–Crippen MR) is 34.6 cm³/mol. The van der Waals surface area contributed by atoms with Crippen molar-refractivity contribution < 1.29 is 5.11 Å². The Kier molecular flexibility index (Phi) is 2.04. The van der Waals surface area contributed by atoms with Crippen LogP contribution in [0.25, 0.3) is 0 Å². The van der Waals surface area contributed by atoms with Crippen LogP contribution in [0.5, 0.6) is 0 Å². The molecular formula is C6H13NO. The van der Waals surface area contributed by atoms with E-state index in [1.165, 1.54) is 0 Å². The molecule has 0 unspecified atom stereocenters. The maximum atomic E-state index is 8.81. The molecule has 0 radical (unpaired) electrons. The van der Waals surface area contributed by atoms with Crippen LogP contribution in [0.1, 0.15) is 13.8 Å². The normalized spacial score (nSPS) is 11.4. The van der Waals surface area contributed by atoms with Crippen molar-refractivity contribution >= 4 is 0 Å². The summed E-state index contributed by atoms with van der Waals surface area (Å²) in [4.78, 5) is 0. The van der Waals surface area contributed by atoms with E-state index in [4.69, 9.17) is 10.8 Å². The average Bonchev–Trinajstić information content (AvgIpc) is 1.67. The maximum Gasteiger partial charge on any atom is 0.0919 e. The molecule has 0 aliphatic carbocycles. The first-order valence-electron chi connectivity index (χ1n) is 2.59. The topological polar surface area (TPSA) is 46.2 Å². The van der Waals surface area contributed by atoms with E-state index in [9.17, 15) is 0 Å². The molecule has 0 heterocycles. The van der Waals surface area contributed by atoms with Crippen molar-refractivity contribution in [3.8, 4) is 0 Å². The van der Waals surface area contributed by atoms with Gasteiger partial charge in [-0.1, -0.05) is 20.4 Å². The molecule has 3 N–H and O–H groups in total. The minimum Gasteiger partial charge on any atom is -0.512 e. The summed E-state index contributed by atoms with van der Waals surface area (Å²) in [5.74, 6) is 0.153. The van der Waals surface area contributed by atoms with E-state index >= 15 is 0 Å². The molecular weight excluding hydrogens is 102 g/mol. The summed E-state index contributed by atoms with van der Waals surface area (Å²) in [6, 6.07) is 0. The van der Waals surface area contributed by atoms with E-state index in [-0.39, 0.29) is 11.2 Å².